The molecule has 0 fully saturated rings. The van der Waals surface area contributed by atoms with E-state index in [4.69, 9.17) is 16.7 Å². The fraction of sp³-hybridized carbons (Fsp3) is 0.462. The van der Waals surface area contributed by atoms with E-state index in [0.717, 1.165) is 0 Å². The minimum absolute atomic E-state index is 0.0469. The quantitative estimate of drug-likeness (QED) is 0.809. The highest BCUT2D eigenvalue weighted by atomic mass is 35.5. The van der Waals surface area contributed by atoms with Gasteiger partial charge < -0.3 is 10.4 Å². The summed E-state index contributed by atoms with van der Waals surface area (Å²) in [4.78, 5) is 22.6. The fourth-order valence-electron chi connectivity index (χ4n) is 1.44. The van der Waals surface area contributed by atoms with Crippen LogP contribution in [0.5, 0.6) is 0 Å². The van der Waals surface area contributed by atoms with Gasteiger partial charge in [0.15, 0.2) is 0 Å². The average Bonchev–Trinajstić information content (AvgIpc) is 2.59. The molecule has 0 aromatic carbocycles. The maximum atomic E-state index is 11.7. The van der Waals surface area contributed by atoms with Gasteiger partial charge in [-0.2, -0.15) is 5.10 Å². The van der Waals surface area contributed by atoms with Crippen molar-refractivity contribution in [3.8, 4) is 0 Å². The van der Waals surface area contributed by atoms with E-state index in [1.807, 2.05) is 0 Å². The first-order valence-corrected chi connectivity index (χ1v) is 6.41. The van der Waals surface area contributed by atoms with Crippen LogP contribution in [0, 0.1) is 12.3 Å². The monoisotopic (exact) mass is 299 g/mol. The normalized spacial score (nSPS) is 11.8. The number of aliphatic carboxylic acids is 1. The van der Waals surface area contributed by atoms with Crippen molar-refractivity contribution < 1.29 is 14.7 Å². The van der Waals surface area contributed by atoms with E-state index in [-0.39, 0.29) is 12.5 Å². The van der Waals surface area contributed by atoms with Crippen LogP contribution < -0.4 is 5.32 Å². The van der Waals surface area contributed by atoms with Gasteiger partial charge in [0.05, 0.1) is 11.1 Å². The number of carbonyl (C=O) groups is 2. The second-order valence-corrected chi connectivity index (χ2v) is 5.51. The van der Waals surface area contributed by atoms with Crippen LogP contribution in [-0.2, 0) is 16.6 Å². The highest BCUT2D eigenvalue weighted by molar-refractivity contribution is 6.31. The maximum Gasteiger partial charge on any atom is 0.310 e. The Morgan fingerprint density at radius 1 is 1.50 bits per heavy atom. The van der Waals surface area contributed by atoms with Crippen molar-refractivity contribution in [1.29, 1.82) is 0 Å². The molecule has 110 valence electrons. The zero-order valence-electron chi connectivity index (χ0n) is 11.9. The molecule has 1 aromatic heterocycles. The number of amides is 1. The van der Waals surface area contributed by atoms with Crippen molar-refractivity contribution >= 4 is 29.6 Å². The van der Waals surface area contributed by atoms with Crippen LogP contribution >= 0.6 is 11.6 Å². The molecular formula is C13H18ClN3O3. The molecule has 0 radical (unpaired) electrons. The standard InChI is InChI=1S/C13H18ClN3O3/c1-8-9(11(14)17(4)16-8)5-6-10(18)15-7-13(2,3)12(19)20/h5-6H,7H2,1-4H3,(H,15,18)(H,19,20)/b6-5+. The number of carboxylic acids is 1. The number of nitrogens with one attached hydrogen (secondary N) is 1. The molecule has 1 aromatic rings. The summed E-state index contributed by atoms with van der Waals surface area (Å²) in [6, 6.07) is 0. The van der Waals surface area contributed by atoms with Crippen LogP contribution in [0.15, 0.2) is 6.08 Å². The van der Waals surface area contributed by atoms with E-state index in [2.05, 4.69) is 10.4 Å². The van der Waals surface area contributed by atoms with E-state index in [1.165, 1.54) is 10.8 Å². The highest BCUT2D eigenvalue weighted by Crippen LogP contribution is 2.20. The van der Waals surface area contributed by atoms with Gasteiger partial charge in [-0.1, -0.05) is 11.6 Å². The number of rotatable bonds is 5. The van der Waals surface area contributed by atoms with Crippen molar-refractivity contribution in [2.24, 2.45) is 12.5 Å². The number of aryl methyl sites for hydroxylation is 2. The Kier molecular flexibility index (Phi) is 4.94. The lowest BCUT2D eigenvalue weighted by atomic mass is 9.94. The molecule has 0 aliphatic carbocycles. The molecule has 0 atom stereocenters. The number of carboxylic acid groups (broad SMARTS) is 1. The summed E-state index contributed by atoms with van der Waals surface area (Å²) < 4.78 is 1.52. The molecule has 0 aliphatic rings. The van der Waals surface area contributed by atoms with Gasteiger partial charge in [0.1, 0.15) is 5.15 Å². The lowest BCUT2D eigenvalue weighted by molar-refractivity contribution is -0.146. The average molecular weight is 300 g/mol. The molecule has 2 N–H and O–H groups in total. The second-order valence-electron chi connectivity index (χ2n) is 5.15. The van der Waals surface area contributed by atoms with Crippen LogP contribution in [0.4, 0.5) is 0 Å². The predicted molar refractivity (Wildman–Crippen MR) is 76.4 cm³/mol. The zero-order chi connectivity index (χ0) is 15.5. The Morgan fingerprint density at radius 3 is 2.55 bits per heavy atom. The van der Waals surface area contributed by atoms with Crippen molar-refractivity contribution in [2.75, 3.05) is 6.54 Å². The summed E-state index contributed by atoms with van der Waals surface area (Å²) in [6.07, 6.45) is 2.88. The topological polar surface area (TPSA) is 84.2 Å². The third-order valence-electron chi connectivity index (χ3n) is 2.88. The lowest BCUT2D eigenvalue weighted by Crippen LogP contribution is -2.38. The van der Waals surface area contributed by atoms with Gasteiger partial charge in [-0.05, 0) is 26.8 Å². The van der Waals surface area contributed by atoms with E-state index < -0.39 is 11.4 Å². The number of hydrogen-bond donors (Lipinski definition) is 2. The summed E-state index contributed by atoms with van der Waals surface area (Å²) in [5.41, 5.74) is 0.375. The molecule has 1 rings (SSSR count). The smallest absolute Gasteiger partial charge is 0.310 e. The molecule has 1 amide bonds. The minimum Gasteiger partial charge on any atom is -0.481 e. The van der Waals surface area contributed by atoms with Crippen LogP contribution in [0.25, 0.3) is 6.08 Å². The predicted octanol–water partition coefficient (Wildman–Crippen LogP) is 1.62. The van der Waals surface area contributed by atoms with Crippen LogP contribution in [0.1, 0.15) is 25.1 Å². The number of carbonyl (C=O) groups excluding carboxylic acids is 1. The van der Waals surface area contributed by atoms with Gasteiger partial charge in [-0.15, -0.1) is 0 Å². The largest absolute Gasteiger partial charge is 0.481 e. The molecular weight excluding hydrogens is 282 g/mol. The van der Waals surface area contributed by atoms with E-state index in [1.54, 1.807) is 33.9 Å². The van der Waals surface area contributed by atoms with Crippen molar-refractivity contribution in [1.82, 2.24) is 15.1 Å². The number of halogens is 1. The molecule has 0 unspecified atom stereocenters. The molecule has 0 bridgehead atoms. The molecule has 6 nitrogen and oxygen atoms in total. The van der Waals surface area contributed by atoms with Crippen LogP contribution in [0.2, 0.25) is 5.15 Å². The SMILES string of the molecule is Cc1nn(C)c(Cl)c1/C=C/C(=O)NCC(C)(C)C(=O)O. The number of hydrogen-bond acceptors (Lipinski definition) is 3. The molecule has 0 saturated carbocycles. The van der Waals surface area contributed by atoms with Crippen molar-refractivity contribution in [3.63, 3.8) is 0 Å². The lowest BCUT2D eigenvalue weighted by Gasteiger charge is -2.18. The molecule has 0 aliphatic heterocycles. The Morgan fingerprint density at radius 2 is 2.10 bits per heavy atom. The fourth-order valence-corrected chi connectivity index (χ4v) is 1.67. The molecule has 0 saturated heterocycles. The molecule has 1 heterocycles. The van der Waals surface area contributed by atoms with Crippen molar-refractivity contribution in [3.05, 3.63) is 22.5 Å². The second kappa shape index (κ2) is 6.09. The number of aromatic nitrogens is 2. The Labute approximate surface area is 122 Å². The summed E-state index contributed by atoms with van der Waals surface area (Å²) >= 11 is 6.03. The highest BCUT2D eigenvalue weighted by Gasteiger charge is 2.27. The van der Waals surface area contributed by atoms with E-state index in [9.17, 15) is 9.59 Å². The Balaban J connectivity index is 2.67. The summed E-state index contributed by atoms with van der Waals surface area (Å²) in [5.74, 6) is -1.34. The van der Waals surface area contributed by atoms with E-state index in [0.29, 0.717) is 16.4 Å². The van der Waals surface area contributed by atoms with Crippen LogP contribution in [-0.4, -0.2) is 33.3 Å². The molecule has 20 heavy (non-hydrogen) atoms. The third kappa shape index (κ3) is 3.84. The van der Waals surface area contributed by atoms with Crippen molar-refractivity contribution in [2.45, 2.75) is 20.8 Å². The van der Waals surface area contributed by atoms with Gasteiger partial charge in [-0.25, -0.2) is 0 Å². The van der Waals surface area contributed by atoms with Gasteiger partial charge in [-0.3, -0.25) is 14.3 Å². The Hall–Kier alpha value is -1.82. The summed E-state index contributed by atoms with van der Waals surface area (Å²) in [7, 11) is 1.71. The first-order chi connectivity index (χ1) is 9.15. The van der Waals surface area contributed by atoms with Gasteiger partial charge in [0.2, 0.25) is 5.91 Å². The first-order valence-electron chi connectivity index (χ1n) is 6.03. The van der Waals surface area contributed by atoms with Gasteiger partial charge in [0.25, 0.3) is 0 Å². The summed E-state index contributed by atoms with van der Waals surface area (Å²) in [5, 5.41) is 16.0. The van der Waals surface area contributed by atoms with E-state index >= 15 is 0 Å². The van der Waals surface area contributed by atoms with Gasteiger partial charge >= 0.3 is 5.97 Å². The summed E-state index contributed by atoms with van der Waals surface area (Å²) in [6.45, 7) is 4.92. The Bertz CT molecular complexity index is 561. The minimum atomic E-state index is -1.01. The molecule has 7 heteroatoms. The van der Waals surface area contributed by atoms with Crippen LogP contribution in [0.3, 0.4) is 0 Å². The zero-order valence-corrected chi connectivity index (χ0v) is 12.7. The van der Waals surface area contributed by atoms with Gasteiger partial charge in [0, 0.05) is 25.2 Å². The first kappa shape index (κ1) is 16.2. The molecule has 0 spiro atoms. The number of nitrogens with zero attached hydrogens (tertiary/aromatic N) is 2. The maximum absolute atomic E-state index is 11.7. The third-order valence-corrected chi connectivity index (χ3v) is 3.33.